The maximum Gasteiger partial charge on any atom is 0.241 e. The molecule has 0 saturated heterocycles. The zero-order chi connectivity index (χ0) is 16.7. The third kappa shape index (κ3) is 3.05. The number of anilines is 2. The van der Waals surface area contributed by atoms with Gasteiger partial charge in [-0.2, -0.15) is 9.67 Å². The molecule has 0 aliphatic carbocycles. The van der Waals surface area contributed by atoms with Gasteiger partial charge >= 0.3 is 0 Å². The minimum atomic E-state index is 0.0586. The van der Waals surface area contributed by atoms with Crippen molar-refractivity contribution in [2.45, 2.75) is 0 Å². The third-order valence-electron chi connectivity index (χ3n) is 3.13. The van der Waals surface area contributed by atoms with Gasteiger partial charge in [0.1, 0.15) is 0 Å². The van der Waals surface area contributed by atoms with E-state index in [4.69, 9.17) is 57.9 Å². The van der Waals surface area contributed by atoms with Gasteiger partial charge in [0.25, 0.3) is 0 Å². The van der Waals surface area contributed by atoms with Gasteiger partial charge in [0, 0.05) is 5.56 Å². The second kappa shape index (κ2) is 6.09. The number of hydrogen-bond donors (Lipinski definition) is 2. The van der Waals surface area contributed by atoms with E-state index in [9.17, 15) is 0 Å². The number of hydrogen-bond acceptors (Lipinski definition) is 4. The number of nitrogen functional groups attached to an aromatic ring is 2. The molecule has 23 heavy (non-hydrogen) atoms. The molecule has 9 heteroatoms. The molecule has 0 bridgehead atoms. The Balaban J connectivity index is 2.14. The molecular formula is C14H9Cl4N5. The molecule has 0 unspecified atom stereocenters. The number of nitrogens with zero attached hydrogens (tertiary/aromatic N) is 3. The molecule has 3 aromatic rings. The first kappa shape index (κ1) is 16.2. The number of rotatable bonds is 2. The van der Waals surface area contributed by atoms with Crippen LogP contribution in [-0.4, -0.2) is 14.8 Å². The second-order valence-corrected chi connectivity index (χ2v) is 6.28. The smallest absolute Gasteiger partial charge is 0.241 e. The minimum Gasteiger partial charge on any atom is -0.368 e. The van der Waals surface area contributed by atoms with Crippen LogP contribution in [-0.2, 0) is 0 Å². The van der Waals surface area contributed by atoms with E-state index in [-0.39, 0.29) is 11.9 Å². The highest BCUT2D eigenvalue weighted by atomic mass is 35.5. The lowest BCUT2D eigenvalue weighted by atomic mass is 10.1. The Kier molecular flexibility index (Phi) is 4.29. The van der Waals surface area contributed by atoms with Gasteiger partial charge in [-0.15, -0.1) is 5.10 Å². The van der Waals surface area contributed by atoms with Crippen molar-refractivity contribution in [3.8, 4) is 16.8 Å². The lowest BCUT2D eigenvalue weighted by Gasteiger charge is -2.11. The van der Waals surface area contributed by atoms with Crippen molar-refractivity contribution in [1.82, 2.24) is 14.8 Å². The minimum absolute atomic E-state index is 0.0586. The van der Waals surface area contributed by atoms with Gasteiger partial charge in [-0.3, -0.25) is 0 Å². The van der Waals surface area contributed by atoms with Crippen LogP contribution in [0.2, 0.25) is 20.1 Å². The maximum atomic E-state index is 6.38. The molecule has 3 rings (SSSR count). The van der Waals surface area contributed by atoms with Crippen LogP contribution in [0.1, 0.15) is 0 Å². The van der Waals surface area contributed by atoms with Crippen molar-refractivity contribution in [2.75, 3.05) is 11.5 Å². The van der Waals surface area contributed by atoms with Crippen molar-refractivity contribution in [2.24, 2.45) is 0 Å². The van der Waals surface area contributed by atoms with E-state index in [0.29, 0.717) is 31.3 Å². The highest BCUT2D eigenvalue weighted by molar-refractivity contribution is 6.43. The second-order valence-electron chi connectivity index (χ2n) is 4.65. The van der Waals surface area contributed by atoms with Crippen molar-refractivity contribution >= 4 is 58.3 Å². The maximum absolute atomic E-state index is 6.38. The molecule has 1 heterocycles. The molecule has 0 atom stereocenters. The van der Waals surface area contributed by atoms with E-state index in [1.165, 1.54) is 4.68 Å². The topological polar surface area (TPSA) is 82.7 Å². The zero-order valence-electron chi connectivity index (χ0n) is 11.4. The van der Waals surface area contributed by atoms with E-state index >= 15 is 0 Å². The van der Waals surface area contributed by atoms with E-state index in [1.54, 1.807) is 30.3 Å². The summed E-state index contributed by atoms with van der Waals surface area (Å²) in [6.07, 6.45) is 0. The molecule has 0 saturated carbocycles. The molecule has 1 aromatic heterocycles. The fourth-order valence-corrected chi connectivity index (χ4v) is 3.13. The van der Waals surface area contributed by atoms with Crippen molar-refractivity contribution < 1.29 is 0 Å². The molecule has 5 nitrogen and oxygen atoms in total. The quantitative estimate of drug-likeness (QED) is 0.665. The predicted octanol–water partition coefficient (Wildman–Crippen LogP) is 4.71. The van der Waals surface area contributed by atoms with Gasteiger partial charge < -0.3 is 11.5 Å². The number of nitrogens with two attached hydrogens (primary N) is 2. The molecule has 0 aliphatic heterocycles. The Labute approximate surface area is 151 Å². The summed E-state index contributed by atoms with van der Waals surface area (Å²) in [5.74, 6) is 0.195. The average Bonchev–Trinajstić information content (AvgIpc) is 2.81. The molecular weight excluding hydrogens is 380 g/mol. The van der Waals surface area contributed by atoms with E-state index in [0.717, 1.165) is 5.56 Å². The van der Waals surface area contributed by atoms with Crippen LogP contribution in [0.4, 0.5) is 11.9 Å². The third-order valence-corrected chi connectivity index (χ3v) is 4.46. The van der Waals surface area contributed by atoms with Crippen LogP contribution in [0.3, 0.4) is 0 Å². The Morgan fingerprint density at radius 2 is 1.48 bits per heavy atom. The highest BCUT2D eigenvalue weighted by Crippen LogP contribution is 2.39. The summed E-state index contributed by atoms with van der Waals surface area (Å²) in [5.41, 5.74) is 13.2. The van der Waals surface area contributed by atoms with Crippen LogP contribution in [0, 0.1) is 0 Å². The van der Waals surface area contributed by atoms with Crippen LogP contribution < -0.4 is 11.5 Å². The van der Waals surface area contributed by atoms with Gasteiger partial charge in [0.2, 0.25) is 11.9 Å². The summed E-state index contributed by atoms with van der Waals surface area (Å²) < 4.78 is 1.35. The summed E-state index contributed by atoms with van der Waals surface area (Å²) in [4.78, 5) is 3.84. The van der Waals surface area contributed by atoms with Gasteiger partial charge in [-0.1, -0.05) is 52.5 Å². The van der Waals surface area contributed by atoms with Crippen LogP contribution in [0.25, 0.3) is 16.8 Å². The first-order valence-corrected chi connectivity index (χ1v) is 7.81. The monoisotopic (exact) mass is 387 g/mol. The molecule has 0 aliphatic rings. The summed E-state index contributed by atoms with van der Waals surface area (Å²) in [5, 5.41) is 5.66. The predicted molar refractivity (Wildman–Crippen MR) is 95.7 cm³/mol. The lowest BCUT2D eigenvalue weighted by Crippen LogP contribution is -2.03. The van der Waals surface area contributed by atoms with Crippen LogP contribution in [0.5, 0.6) is 0 Å². The molecule has 2 aromatic carbocycles. The van der Waals surface area contributed by atoms with Gasteiger partial charge in [0.15, 0.2) is 0 Å². The van der Waals surface area contributed by atoms with Gasteiger partial charge in [-0.05, 0) is 29.8 Å². The summed E-state index contributed by atoms with van der Waals surface area (Å²) in [6.45, 7) is 0. The van der Waals surface area contributed by atoms with E-state index in [1.807, 2.05) is 0 Å². The van der Waals surface area contributed by atoms with E-state index in [2.05, 4.69) is 10.1 Å². The lowest BCUT2D eigenvalue weighted by molar-refractivity contribution is 0.896. The molecule has 0 amide bonds. The van der Waals surface area contributed by atoms with Gasteiger partial charge in [-0.25, -0.2) is 0 Å². The Morgan fingerprint density at radius 3 is 2.00 bits per heavy atom. The normalized spacial score (nSPS) is 11.0. The number of benzene rings is 2. The fraction of sp³-hybridized carbons (Fsp3) is 0. The Hall–Kier alpha value is -1.66. The molecule has 0 spiro atoms. The number of aromatic nitrogens is 3. The SMILES string of the molecule is Nc1nc(N)n(-c2cc(Cl)c(-c3ccc(Cl)c(Cl)c3)c(Cl)c2)n1. The van der Waals surface area contributed by atoms with E-state index < -0.39 is 0 Å². The Bertz CT molecular complexity index is 883. The van der Waals surface area contributed by atoms with Crippen LogP contribution >= 0.6 is 46.4 Å². The first-order valence-electron chi connectivity index (χ1n) is 6.29. The zero-order valence-corrected chi connectivity index (χ0v) is 14.4. The highest BCUT2D eigenvalue weighted by Gasteiger charge is 2.15. The first-order chi connectivity index (χ1) is 10.9. The fourth-order valence-electron chi connectivity index (χ4n) is 2.14. The summed E-state index contributed by atoms with van der Waals surface area (Å²) in [7, 11) is 0. The van der Waals surface area contributed by atoms with Crippen molar-refractivity contribution in [1.29, 1.82) is 0 Å². The molecule has 0 fully saturated rings. The van der Waals surface area contributed by atoms with Crippen molar-refractivity contribution in [3.63, 3.8) is 0 Å². The summed E-state index contributed by atoms with van der Waals surface area (Å²) >= 11 is 24.7. The summed E-state index contributed by atoms with van der Waals surface area (Å²) in [6, 6.07) is 8.47. The molecule has 118 valence electrons. The molecule has 4 N–H and O–H groups in total. The number of halogens is 4. The molecule has 0 radical (unpaired) electrons. The largest absolute Gasteiger partial charge is 0.368 e. The van der Waals surface area contributed by atoms with Gasteiger partial charge in [0.05, 0.1) is 25.8 Å². The Morgan fingerprint density at radius 1 is 0.826 bits per heavy atom. The van der Waals surface area contributed by atoms with Crippen molar-refractivity contribution in [3.05, 3.63) is 50.4 Å². The van der Waals surface area contributed by atoms with Crippen LogP contribution in [0.15, 0.2) is 30.3 Å². The average molecular weight is 389 g/mol. The standard InChI is InChI=1S/C14H9Cl4N5/c15-8-2-1-6(3-9(8)16)12-10(17)4-7(5-11(12)18)23-14(20)21-13(19)22-23/h1-5H,(H4,19,20,21,22).